The fraction of sp³-hybridized carbons (Fsp3) is 0.500. The fourth-order valence-corrected chi connectivity index (χ4v) is 3.64. The Hall–Kier alpha value is -2.06. The van der Waals surface area contributed by atoms with Crippen LogP contribution >= 0.6 is 11.8 Å². The van der Waals surface area contributed by atoms with Gasteiger partial charge >= 0.3 is 17.9 Å². The van der Waals surface area contributed by atoms with Crippen LogP contribution in [0.3, 0.4) is 0 Å². The van der Waals surface area contributed by atoms with Crippen molar-refractivity contribution in [3.8, 4) is 0 Å². The Bertz CT molecular complexity index is 634. The molecule has 1 fully saturated rings. The number of benzene rings is 1. The van der Waals surface area contributed by atoms with Gasteiger partial charge in [0.25, 0.3) is 0 Å². The van der Waals surface area contributed by atoms with Crippen LogP contribution in [0.5, 0.6) is 0 Å². The molecule has 8 heteroatoms. The maximum Gasteiger partial charge on any atom is 0.303 e. The molecule has 0 aliphatic carbocycles. The van der Waals surface area contributed by atoms with Crippen LogP contribution in [0.1, 0.15) is 20.8 Å². The highest BCUT2D eigenvalue weighted by molar-refractivity contribution is 7.99. The zero-order chi connectivity index (χ0) is 19.1. The Kier molecular flexibility index (Phi) is 7.47. The van der Waals surface area contributed by atoms with E-state index in [2.05, 4.69) is 0 Å². The first kappa shape index (κ1) is 20.3. The van der Waals surface area contributed by atoms with Gasteiger partial charge in [-0.1, -0.05) is 18.2 Å². The van der Waals surface area contributed by atoms with Crippen LogP contribution < -0.4 is 0 Å². The number of esters is 3. The molecule has 1 aromatic rings. The Morgan fingerprint density at radius 2 is 1.54 bits per heavy atom. The van der Waals surface area contributed by atoms with Crippen LogP contribution in [0.2, 0.25) is 0 Å². The molecule has 7 nitrogen and oxygen atoms in total. The second kappa shape index (κ2) is 9.59. The van der Waals surface area contributed by atoms with E-state index >= 15 is 0 Å². The van der Waals surface area contributed by atoms with Gasteiger partial charge < -0.3 is 18.9 Å². The molecule has 0 spiro atoms. The zero-order valence-corrected chi connectivity index (χ0v) is 15.7. The Morgan fingerprint density at radius 1 is 0.962 bits per heavy atom. The predicted molar refractivity (Wildman–Crippen MR) is 93.6 cm³/mol. The lowest BCUT2D eigenvalue weighted by Crippen LogP contribution is -2.58. The van der Waals surface area contributed by atoms with Gasteiger partial charge in [-0.15, -0.1) is 11.8 Å². The Labute approximate surface area is 156 Å². The third kappa shape index (κ3) is 6.03. The highest BCUT2D eigenvalue weighted by atomic mass is 32.2. The minimum Gasteiger partial charge on any atom is -0.456 e. The van der Waals surface area contributed by atoms with Crippen molar-refractivity contribution in [3.63, 3.8) is 0 Å². The van der Waals surface area contributed by atoms with Crippen molar-refractivity contribution in [2.24, 2.45) is 0 Å². The summed E-state index contributed by atoms with van der Waals surface area (Å²) in [6.45, 7) is 3.82. The van der Waals surface area contributed by atoms with Gasteiger partial charge in [-0.3, -0.25) is 14.4 Å². The molecule has 1 heterocycles. The summed E-state index contributed by atoms with van der Waals surface area (Å²) in [6, 6.07) is 9.68. The number of thioether (sulfide) groups is 1. The van der Waals surface area contributed by atoms with Crippen LogP contribution in [-0.2, 0) is 33.3 Å². The van der Waals surface area contributed by atoms with Crippen LogP contribution in [-0.4, -0.2) is 54.7 Å². The highest BCUT2D eigenvalue weighted by Crippen LogP contribution is 2.29. The van der Waals surface area contributed by atoms with E-state index in [1.165, 1.54) is 32.5 Å². The monoisotopic (exact) mass is 382 g/mol. The van der Waals surface area contributed by atoms with E-state index in [1.807, 2.05) is 30.3 Å². The standard InChI is InChI=1S/C18H22O7S/c1-11(19)23-15-9-22-16(10-26-14-7-5-4-6-8-14)18(25-13(3)21)17(15)24-12(2)20/h4-8,15-18H,9-10H2,1-3H3/t15-,16-,17+,18+/m1/s1. The largest absolute Gasteiger partial charge is 0.456 e. The second-order valence-corrected chi connectivity index (χ2v) is 6.89. The lowest BCUT2D eigenvalue weighted by atomic mass is 10.00. The van der Waals surface area contributed by atoms with Gasteiger partial charge in [0.05, 0.1) is 6.61 Å². The average molecular weight is 382 g/mol. The number of ether oxygens (including phenoxy) is 4. The minimum absolute atomic E-state index is 0.0509. The molecule has 0 amide bonds. The summed E-state index contributed by atoms with van der Waals surface area (Å²) >= 11 is 1.53. The molecule has 0 unspecified atom stereocenters. The summed E-state index contributed by atoms with van der Waals surface area (Å²) in [4.78, 5) is 35.4. The summed E-state index contributed by atoms with van der Waals surface area (Å²) < 4.78 is 21.6. The molecule has 1 aliphatic heterocycles. The third-order valence-electron chi connectivity index (χ3n) is 3.61. The number of rotatable bonds is 6. The summed E-state index contributed by atoms with van der Waals surface area (Å²) in [6.07, 6.45) is -3.14. The van der Waals surface area contributed by atoms with Crippen LogP contribution in [0.25, 0.3) is 0 Å². The Morgan fingerprint density at radius 3 is 2.12 bits per heavy atom. The molecule has 2 rings (SSSR count). The van der Waals surface area contributed by atoms with Crippen LogP contribution in [0.4, 0.5) is 0 Å². The lowest BCUT2D eigenvalue weighted by Gasteiger charge is -2.40. The van der Waals surface area contributed by atoms with Crippen molar-refractivity contribution in [1.82, 2.24) is 0 Å². The maximum absolute atomic E-state index is 11.6. The smallest absolute Gasteiger partial charge is 0.303 e. The van der Waals surface area contributed by atoms with Crippen molar-refractivity contribution in [1.29, 1.82) is 0 Å². The van der Waals surface area contributed by atoms with Gasteiger partial charge in [0.1, 0.15) is 6.10 Å². The first-order valence-electron chi connectivity index (χ1n) is 8.18. The van der Waals surface area contributed by atoms with Crippen molar-refractivity contribution in [2.75, 3.05) is 12.4 Å². The molecule has 0 aromatic heterocycles. The van der Waals surface area contributed by atoms with Crippen molar-refractivity contribution < 1.29 is 33.3 Å². The number of hydrogen-bond acceptors (Lipinski definition) is 8. The molecule has 26 heavy (non-hydrogen) atoms. The molecular weight excluding hydrogens is 360 g/mol. The van der Waals surface area contributed by atoms with Gasteiger partial charge in [0.2, 0.25) is 0 Å². The SMILES string of the molecule is CC(=O)O[C@@H]1[C@@H](OC(C)=O)[C@H](OC(C)=O)CO[C@@H]1CSc1ccccc1. The molecule has 4 atom stereocenters. The average Bonchev–Trinajstić information content (AvgIpc) is 2.56. The summed E-state index contributed by atoms with van der Waals surface area (Å²) in [5.74, 6) is -1.14. The van der Waals surface area contributed by atoms with Crippen LogP contribution in [0.15, 0.2) is 35.2 Å². The second-order valence-electron chi connectivity index (χ2n) is 5.79. The quantitative estimate of drug-likeness (QED) is 0.419. The molecule has 0 saturated carbocycles. The molecule has 1 saturated heterocycles. The normalized spacial score (nSPS) is 25.2. The third-order valence-corrected chi connectivity index (χ3v) is 4.71. The first-order valence-corrected chi connectivity index (χ1v) is 9.16. The molecule has 0 N–H and O–H groups in total. The van der Waals surface area contributed by atoms with E-state index in [0.717, 1.165) is 4.90 Å². The van der Waals surface area contributed by atoms with Gasteiger partial charge in [-0.25, -0.2) is 0 Å². The molecule has 0 bridgehead atoms. The topological polar surface area (TPSA) is 88.1 Å². The zero-order valence-electron chi connectivity index (χ0n) is 14.9. The highest BCUT2D eigenvalue weighted by Gasteiger charge is 2.46. The summed E-state index contributed by atoms with van der Waals surface area (Å²) in [5.41, 5.74) is 0. The van der Waals surface area contributed by atoms with E-state index in [4.69, 9.17) is 18.9 Å². The fourth-order valence-electron chi connectivity index (χ4n) is 2.65. The number of hydrogen-bond donors (Lipinski definition) is 0. The number of carbonyl (C=O) groups excluding carboxylic acids is 3. The molecule has 142 valence electrons. The summed E-state index contributed by atoms with van der Waals surface area (Å²) in [5, 5.41) is 0. The van der Waals surface area contributed by atoms with Gasteiger partial charge in [-0.05, 0) is 12.1 Å². The molecule has 1 aromatic carbocycles. The van der Waals surface area contributed by atoms with E-state index in [0.29, 0.717) is 5.75 Å². The van der Waals surface area contributed by atoms with Gasteiger partial charge in [0.15, 0.2) is 18.3 Å². The van der Waals surface area contributed by atoms with Crippen molar-refractivity contribution in [2.45, 2.75) is 50.1 Å². The van der Waals surface area contributed by atoms with Gasteiger partial charge in [-0.2, -0.15) is 0 Å². The van der Waals surface area contributed by atoms with E-state index in [-0.39, 0.29) is 6.61 Å². The molecule has 1 aliphatic rings. The molecular formula is C18H22O7S. The van der Waals surface area contributed by atoms with E-state index < -0.39 is 42.3 Å². The van der Waals surface area contributed by atoms with Crippen molar-refractivity contribution >= 4 is 29.7 Å². The number of carbonyl (C=O) groups is 3. The molecule has 0 radical (unpaired) electrons. The first-order chi connectivity index (χ1) is 12.4. The lowest BCUT2D eigenvalue weighted by molar-refractivity contribution is -0.222. The Balaban J connectivity index is 2.16. The minimum atomic E-state index is -0.921. The van der Waals surface area contributed by atoms with Crippen LogP contribution in [0, 0.1) is 0 Å². The van der Waals surface area contributed by atoms with E-state index in [9.17, 15) is 14.4 Å². The maximum atomic E-state index is 11.6. The summed E-state index contributed by atoms with van der Waals surface area (Å²) in [7, 11) is 0. The van der Waals surface area contributed by atoms with Gasteiger partial charge in [0, 0.05) is 31.4 Å². The van der Waals surface area contributed by atoms with Crippen molar-refractivity contribution in [3.05, 3.63) is 30.3 Å². The van der Waals surface area contributed by atoms with E-state index in [1.54, 1.807) is 0 Å². The predicted octanol–water partition coefficient (Wildman–Crippen LogP) is 1.97.